The van der Waals surface area contributed by atoms with Crippen molar-refractivity contribution < 1.29 is 14.3 Å². The molecular formula is C22H17BrClN3O3. The van der Waals surface area contributed by atoms with Gasteiger partial charge < -0.3 is 10.1 Å². The lowest BCUT2D eigenvalue weighted by molar-refractivity contribution is 0.0954. The Bertz CT molecular complexity index is 1100. The molecule has 3 aromatic rings. The summed E-state index contributed by atoms with van der Waals surface area (Å²) in [6, 6.07) is 18.7. The first kappa shape index (κ1) is 21.5. The van der Waals surface area contributed by atoms with E-state index in [0.29, 0.717) is 33.1 Å². The van der Waals surface area contributed by atoms with Gasteiger partial charge in [0.1, 0.15) is 5.75 Å². The smallest absolute Gasteiger partial charge is 0.271 e. The van der Waals surface area contributed by atoms with E-state index < -0.39 is 0 Å². The van der Waals surface area contributed by atoms with Gasteiger partial charge in [-0.2, -0.15) is 5.10 Å². The van der Waals surface area contributed by atoms with Crippen molar-refractivity contribution in [2.45, 2.75) is 0 Å². The molecule has 0 heterocycles. The van der Waals surface area contributed by atoms with Crippen LogP contribution >= 0.6 is 27.5 Å². The Morgan fingerprint density at radius 3 is 2.47 bits per heavy atom. The number of amides is 2. The number of benzene rings is 3. The molecule has 30 heavy (non-hydrogen) atoms. The number of carbonyl (C=O) groups is 2. The van der Waals surface area contributed by atoms with E-state index in [2.05, 4.69) is 31.8 Å². The molecule has 0 saturated heterocycles. The molecule has 6 nitrogen and oxygen atoms in total. The van der Waals surface area contributed by atoms with E-state index in [1.54, 1.807) is 61.7 Å². The summed E-state index contributed by atoms with van der Waals surface area (Å²) in [6.45, 7) is 0. The molecule has 0 fully saturated rings. The molecule has 0 aliphatic heterocycles. The van der Waals surface area contributed by atoms with E-state index >= 15 is 0 Å². The van der Waals surface area contributed by atoms with E-state index in [0.717, 1.165) is 4.47 Å². The van der Waals surface area contributed by atoms with Crippen molar-refractivity contribution in [1.82, 2.24) is 5.43 Å². The number of hydrogen-bond acceptors (Lipinski definition) is 4. The van der Waals surface area contributed by atoms with Crippen molar-refractivity contribution in [3.8, 4) is 5.75 Å². The number of anilines is 1. The van der Waals surface area contributed by atoms with Gasteiger partial charge in [0.05, 0.1) is 23.9 Å². The van der Waals surface area contributed by atoms with Crippen LogP contribution in [0.5, 0.6) is 5.75 Å². The van der Waals surface area contributed by atoms with Crippen LogP contribution in [0.3, 0.4) is 0 Å². The minimum Gasteiger partial charge on any atom is -0.496 e. The fraction of sp³-hybridized carbons (Fsp3) is 0.0455. The fourth-order valence-corrected chi connectivity index (χ4v) is 3.18. The predicted octanol–water partition coefficient (Wildman–Crippen LogP) is 5.13. The molecule has 0 radical (unpaired) electrons. The van der Waals surface area contributed by atoms with Gasteiger partial charge in [-0.1, -0.05) is 39.7 Å². The Morgan fingerprint density at radius 1 is 1.03 bits per heavy atom. The number of hydrogen-bond donors (Lipinski definition) is 2. The summed E-state index contributed by atoms with van der Waals surface area (Å²) in [5.74, 6) is -0.0793. The summed E-state index contributed by atoms with van der Waals surface area (Å²) in [4.78, 5) is 24.6. The Balaban J connectivity index is 1.62. The number of carbonyl (C=O) groups excluding carboxylic acids is 2. The van der Waals surface area contributed by atoms with Gasteiger partial charge in [0.15, 0.2) is 0 Å². The molecule has 0 saturated carbocycles. The van der Waals surface area contributed by atoms with Crippen LogP contribution in [-0.2, 0) is 0 Å². The number of ether oxygens (including phenoxy) is 1. The lowest BCUT2D eigenvalue weighted by Gasteiger charge is -2.07. The summed E-state index contributed by atoms with van der Waals surface area (Å²) < 4.78 is 6.13. The number of nitrogens with zero attached hydrogens (tertiary/aromatic N) is 1. The molecule has 3 aromatic carbocycles. The number of halogens is 2. The van der Waals surface area contributed by atoms with Crippen molar-refractivity contribution in [3.05, 3.63) is 92.9 Å². The van der Waals surface area contributed by atoms with Gasteiger partial charge in [-0.25, -0.2) is 5.43 Å². The van der Waals surface area contributed by atoms with Crippen LogP contribution in [0.15, 0.2) is 76.3 Å². The summed E-state index contributed by atoms with van der Waals surface area (Å²) in [5, 5.41) is 7.09. The third kappa shape index (κ3) is 5.46. The second-order valence-electron chi connectivity index (χ2n) is 6.10. The van der Waals surface area contributed by atoms with Crippen LogP contribution in [0, 0.1) is 0 Å². The molecule has 0 unspecified atom stereocenters. The molecule has 2 amide bonds. The van der Waals surface area contributed by atoms with Crippen LogP contribution in [0.25, 0.3) is 0 Å². The Kier molecular flexibility index (Phi) is 7.21. The van der Waals surface area contributed by atoms with Gasteiger partial charge >= 0.3 is 0 Å². The van der Waals surface area contributed by atoms with Crippen molar-refractivity contribution >= 4 is 51.2 Å². The average molecular weight is 487 g/mol. The van der Waals surface area contributed by atoms with Gasteiger partial charge in [-0.15, -0.1) is 0 Å². The van der Waals surface area contributed by atoms with E-state index in [1.165, 1.54) is 6.21 Å². The SMILES string of the molecule is COc1ccc(Br)cc1/C=N\NC(=O)c1ccc(NC(=O)c2ccccc2Cl)cc1. The topological polar surface area (TPSA) is 79.8 Å². The quantitative estimate of drug-likeness (QED) is 0.374. The van der Waals surface area contributed by atoms with E-state index in [4.69, 9.17) is 16.3 Å². The first-order chi connectivity index (χ1) is 14.5. The van der Waals surface area contributed by atoms with Crippen molar-refractivity contribution in [2.24, 2.45) is 5.10 Å². The molecule has 0 aromatic heterocycles. The third-order valence-corrected chi connectivity index (χ3v) is 4.91. The minimum atomic E-state index is -0.385. The van der Waals surface area contributed by atoms with Gasteiger partial charge in [-0.3, -0.25) is 9.59 Å². The molecule has 3 rings (SSSR count). The van der Waals surface area contributed by atoms with Crippen LogP contribution in [0.1, 0.15) is 26.3 Å². The summed E-state index contributed by atoms with van der Waals surface area (Å²) in [6.07, 6.45) is 1.50. The van der Waals surface area contributed by atoms with Crippen LogP contribution in [0.2, 0.25) is 5.02 Å². The normalized spacial score (nSPS) is 10.6. The molecule has 0 bridgehead atoms. The molecule has 2 N–H and O–H groups in total. The average Bonchev–Trinajstić information content (AvgIpc) is 2.74. The minimum absolute atomic E-state index is 0.328. The lowest BCUT2D eigenvalue weighted by Crippen LogP contribution is -2.18. The molecule has 152 valence electrons. The second-order valence-corrected chi connectivity index (χ2v) is 7.42. The van der Waals surface area contributed by atoms with Gasteiger partial charge in [-0.05, 0) is 54.6 Å². The van der Waals surface area contributed by atoms with Crippen molar-refractivity contribution in [3.63, 3.8) is 0 Å². The van der Waals surface area contributed by atoms with E-state index in [9.17, 15) is 9.59 Å². The Labute approximate surface area is 187 Å². The number of methoxy groups -OCH3 is 1. The molecular weight excluding hydrogens is 470 g/mol. The monoisotopic (exact) mass is 485 g/mol. The molecule has 0 spiro atoms. The Morgan fingerprint density at radius 2 is 1.77 bits per heavy atom. The maximum absolute atomic E-state index is 12.3. The summed E-state index contributed by atoms with van der Waals surface area (Å²) >= 11 is 9.42. The van der Waals surface area contributed by atoms with Crippen molar-refractivity contribution in [2.75, 3.05) is 12.4 Å². The van der Waals surface area contributed by atoms with Gasteiger partial charge in [0.25, 0.3) is 11.8 Å². The standard InChI is InChI=1S/C22H17BrClN3O3/c1-30-20-11-8-16(23)12-15(20)13-25-27-21(28)14-6-9-17(10-7-14)26-22(29)18-4-2-3-5-19(18)24/h2-13H,1H3,(H,26,29)(H,27,28)/b25-13-. The van der Waals surface area contributed by atoms with Gasteiger partial charge in [0.2, 0.25) is 0 Å². The zero-order valence-corrected chi connectivity index (χ0v) is 18.2. The summed E-state index contributed by atoms with van der Waals surface area (Å²) in [5.41, 5.74) is 4.49. The number of rotatable bonds is 6. The highest BCUT2D eigenvalue weighted by Gasteiger charge is 2.10. The van der Waals surface area contributed by atoms with Crippen LogP contribution in [0.4, 0.5) is 5.69 Å². The highest BCUT2D eigenvalue weighted by Crippen LogP contribution is 2.21. The summed E-state index contributed by atoms with van der Waals surface area (Å²) in [7, 11) is 1.56. The molecule has 0 aliphatic carbocycles. The zero-order chi connectivity index (χ0) is 21.5. The largest absolute Gasteiger partial charge is 0.496 e. The predicted molar refractivity (Wildman–Crippen MR) is 122 cm³/mol. The third-order valence-electron chi connectivity index (χ3n) is 4.08. The highest BCUT2D eigenvalue weighted by molar-refractivity contribution is 9.10. The second kappa shape index (κ2) is 10.0. The molecule has 8 heteroatoms. The number of hydrazone groups is 1. The number of nitrogens with one attached hydrogen (secondary N) is 2. The first-order valence-electron chi connectivity index (χ1n) is 8.81. The zero-order valence-electron chi connectivity index (χ0n) is 15.9. The maximum atomic E-state index is 12.3. The van der Waals surface area contributed by atoms with E-state index in [1.807, 2.05) is 12.1 Å². The molecule has 0 aliphatic rings. The first-order valence-corrected chi connectivity index (χ1v) is 9.98. The van der Waals surface area contributed by atoms with Crippen molar-refractivity contribution in [1.29, 1.82) is 0 Å². The fourth-order valence-electron chi connectivity index (χ4n) is 2.58. The van der Waals surface area contributed by atoms with E-state index in [-0.39, 0.29) is 11.8 Å². The van der Waals surface area contributed by atoms with Crippen LogP contribution < -0.4 is 15.5 Å². The van der Waals surface area contributed by atoms with Gasteiger partial charge in [0, 0.05) is 21.3 Å². The Hall–Kier alpha value is -3.16. The van der Waals surface area contributed by atoms with Crippen LogP contribution in [-0.4, -0.2) is 25.1 Å². The molecule has 0 atom stereocenters. The lowest BCUT2D eigenvalue weighted by atomic mass is 10.1. The highest BCUT2D eigenvalue weighted by atomic mass is 79.9. The maximum Gasteiger partial charge on any atom is 0.271 e.